The fourth-order valence-electron chi connectivity index (χ4n) is 1.67. The summed E-state index contributed by atoms with van der Waals surface area (Å²) in [6, 6.07) is 10.2. The highest BCUT2D eigenvalue weighted by Gasteiger charge is 2.05. The number of benzene rings is 1. The molecule has 0 saturated heterocycles. The quantitative estimate of drug-likeness (QED) is 0.790. The molecule has 0 aliphatic heterocycles. The van der Waals surface area contributed by atoms with Crippen molar-refractivity contribution in [1.82, 2.24) is 5.32 Å². The summed E-state index contributed by atoms with van der Waals surface area (Å²) in [6.07, 6.45) is 6.31. The molecule has 1 heterocycles. The molecule has 16 heavy (non-hydrogen) atoms. The summed E-state index contributed by atoms with van der Waals surface area (Å²) in [5.41, 5.74) is 0.924. The SMILES string of the molecule is C#CC(CC)NCc1cc2ccccc2o1. The minimum atomic E-state index is 0.119. The highest BCUT2D eigenvalue weighted by molar-refractivity contribution is 5.77. The third-order valence-corrected chi connectivity index (χ3v) is 2.61. The number of hydrogen-bond acceptors (Lipinski definition) is 2. The van der Waals surface area contributed by atoms with Crippen LogP contribution in [0, 0.1) is 12.3 Å². The maximum absolute atomic E-state index is 5.68. The van der Waals surface area contributed by atoms with Crippen molar-refractivity contribution in [2.75, 3.05) is 0 Å². The molecule has 1 unspecified atom stereocenters. The number of terminal acetylenes is 1. The highest BCUT2D eigenvalue weighted by Crippen LogP contribution is 2.18. The van der Waals surface area contributed by atoms with E-state index in [0.717, 1.165) is 23.2 Å². The van der Waals surface area contributed by atoms with Gasteiger partial charge in [0.25, 0.3) is 0 Å². The molecule has 0 aliphatic rings. The molecule has 0 radical (unpaired) electrons. The lowest BCUT2D eigenvalue weighted by Crippen LogP contribution is -2.25. The van der Waals surface area contributed by atoms with E-state index < -0.39 is 0 Å². The third-order valence-electron chi connectivity index (χ3n) is 2.61. The van der Waals surface area contributed by atoms with Crippen LogP contribution in [0.1, 0.15) is 19.1 Å². The van der Waals surface area contributed by atoms with Crippen molar-refractivity contribution >= 4 is 11.0 Å². The normalized spacial score (nSPS) is 12.5. The topological polar surface area (TPSA) is 25.2 Å². The summed E-state index contributed by atoms with van der Waals surface area (Å²) >= 11 is 0. The van der Waals surface area contributed by atoms with Gasteiger partial charge in [0.15, 0.2) is 0 Å². The predicted octanol–water partition coefficient (Wildman–Crippen LogP) is 2.93. The van der Waals surface area contributed by atoms with Crippen LogP contribution in [-0.2, 0) is 6.54 Å². The van der Waals surface area contributed by atoms with Gasteiger partial charge in [0, 0.05) is 5.39 Å². The van der Waals surface area contributed by atoms with E-state index in [2.05, 4.69) is 18.2 Å². The van der Waals surface area contributed by atoms with Crippen molar-refractivity contribution in [2.24, 2.45) is 0 Å². The molecule has 0 fully saturated rings. The van der Waals surface area contributed by atoms with Crippen LogP contribution in [-0.4, -0.2) is 6.04 Å². The number of furan rings is 1. The average Bonchev–Trinajstić information content (AvgIpc) is 2.73. The Labute approximate surface area is 95.6 Å². The minimum Gasteiger partial charge on any atom is -0.460 e. The van der Waals surface area contributed by atoms with Gasteiger partial charge < -0.3 is 4.42 Å². The summed E-state index contributed by atoms with van der Waals surface area (Å²) in [7, 11) is 0. The standard InChI is InChI=1S/C14H15NO/c1-3-12(4-2)15-10-13-9-11-7-5-6-8-14(11)16-13/h1,5-9,12,15H,4,10H2,2H3. The van der Waals surface area contributed by atoms with Crippen LogP contribution < -0.4 is 5.32 Å². The zero-order chi connectivity index (χ0) is 11.4. The maximum Gasteiger partial charge on any atom is 0.134 e. The third kappa shape index (κ3) is 2.26. The Morgan fingerprint density at radius 1 is 1.44 bits per heavy atom. The van der Waals surface area contributed by atoms with Crippen molar-refractivity contribution in [3.05, 3.63) is 36.1 Å². The number of para-hydroxylation sites is 1. The zero-order valence-electron chi connectivity index (χ0n) is 9.36. The van der Waals surface area contributed by atoms with Gasteiger partial charge in [-0.05, 0) is 18.6 Å². The van der Waals surface area contributed by atoms with E-state index >= 15 is 0 Å². The van der Waals surface area contributed by atoms with E-state index in [1.54, 1.807) is 0 Å². The molecular weight excluding hydrogens is 198 g/mol. The Hall–Kier alpha value is -1.72. The van der Waals surface area contributed by atoms with Crippen LogP contribution in [0.25, 0.3) is 11.0 Å². The molecule has 2 rings (SSSR count). The van der Waals surface area contributed by atoms with Gasteiger partial charge in [-0.15, -0.1) is 6.42 Å². The Bertz CT molecular complexity index is 474. The van der Waals surface area contributed by atoms with E-state index in [1.807, 2.05) is 30.3 Å². The van der Waals surface area contributed by atoms with E-state index in [0.29, 0.717) is 6.54 Å². The molecule has 1 aromatic heterocycles. The van der Waals surface area contributed by atoms with Crippen molar-refractivity contribution in [1.29, 1.82) is 0 Å². The molecule has 0 bridgehead atoms. The number of hydrogen-bond donors (Lipinski definition) is 1. The molecule has 1 aromatic carbocycles. The summed E-state index contributed by atoms with van der Waals surface area (Å²) in [5.74, 6) is 3.63. The fraction of sp³-hybridized carbons (Fsp3) is 0.286. The molecule has 82 valence electrons. The fourth-order valence-corrected chi connectivity index (χ4v) is 1.67. The molecule has 0 spiro atoms. The van der Waals surface area contributed by atoms with Crippen LogP contribution in [0.3, 0.4) is 0 Å². The van der Waals surface area contributed by atoms with Crippen LogP contribution in [0.5, 0.6) is 0 Å². The Kier molecular flexibility index (Phi) is 3.28. The van der Waals surface area contributed by atoms with Crippen LogP contribution in [0.2, 0.25) is 0 Å². The van der Waals surface area contributed by atoms with Crippen molar-refractivity contribution in [3.8, 4) is 12.3 Å². The second-order valence-electron chi connectivity index (χ2n) is 3.76. The first-order valence-electron chi connectivity index (χ1n) is 5.50. The van der Waals surface area contributed by atoms with Gasteiger partial charge in [-0.2, -0.15) is 0 Å². The van der Waals surface area contributed by atoms with Crippen molar-refractivity contribution in [2.45, 2.75) is 25.9 Å². The maximum atomic E-state index is 5.68. The first-order valence-corrected chi connectivity index (χ1v) is 5.50. The van der Waals surface area contributed by atoms with Crippen LogP contribution >= 0.6 is 0 Å². The first-order chi connectivity index (χ1) is 7.83. The molecule has 0 aliphatic carbocycles. The van der Waals surface area contributed by atoms with Gasteiger partial charge in [-0.25, -0.2) is 0 Å². The minimum absolute atomic E-state index is 0.119. The van der Waals surface area contributed by atoms with Crippen molar-refractivity contribution in [3.63, 3.8) is 0 Å². The van der Waals surface area contributed by atoms with Gasteiger partial charge in [0.05, 0.1) is 12.6 Å². The van der Waals surface area contributed by atoms with E-state index in [9.17, 15) is 0 Å². The second kappa shape index (κ2) is 4.87. The second-order valence-corrected chi connectivity index (χ2v) is 3.76. The summed E-state index contributed by atoms with van der Waals surface area (Å²) in [4.78, 5) is 0. The molecular formula is C14H15NO. The van der Waals surface area contributed by atoms with Gasteiger partial charge >= 0.3 is 0 Å². The molecule has 0 saturated carbocycles. The Morgan fingerprint density at radius 2 is 2.25 bits per heavy atom. The summed E-state index contributed by atoms with van der Waals surface area (Å²) < 4.78 is 5.68. The molecule has 1 atom stereocenters. The number of fused-ring (bicyclic) bond motifs is 1. The Morgan fingerprint density at radius 3 is 2.94 bits per heavy atom. The smallest absolute Gasteiger partial charge is 0.134 e. The van der Waals surface area contributed by atoms with Gasteiger partial charge in [0.2, 0.25) is 0 Å². The average molecular weight is 213 g/mol. The molecule has 2 nitrogen and oxygen atoms in total. The highest BCUT2D eigenvalue weighted by atomic mass is 16.3. The van der Waals surface area contributed by atoms with Crippen molar-refractivity contribution < 1.29 is 4.42 Å². The first kappa shape index (κ1) is 10.8. The van der Waals surface area contributed by atoms with Crippen LogP contribution in [0.15, 0.2) is 34.7 Å². The van der Waals surface area contributed by atoms with E-state index in [4.69, 9.17) is 10.8 Å². The zero-order valence-corrected chi connectivity index (χ0v) is 9.36. The van der Waals surface area contributed by atoms with Gasteiger partial charge in [-0.1, -0.05) is 31.0 Å². The van der Waals surface area contributed by atoms with E-state index in [-0.39, 0.29) is 6.04 Å². The predicted molar refractivity (Wildman–Crippen MR) is 66.0 cm³/mol. The van der Waals surface area contributed by atoms with E-state index in [1.165, 1.54) is 0 Å². The lowest BCUT2D eigenvalue weighted by molar-refractivity contribution is 0.491. The van der Waals surface area contributed by atoms with Gasteiger partial charge in [0.1, 0.15) is 11.3 Å². The van der Waals surface area contributed by atoms with Gasteiger partial charge in [-0.3, -0.25) is 5.32 Å². The lowest BCUT2D eigenvalue weighted by Gasteiger charge is -2.07. The monoisotopic (exact) mass is 213 g/mol. The number of nitrogens with one attached hydrogen (secondary N) is 1. The summed E-state index contributed by atoms with van der Waals surface area (Å²) in [5, 5.41) is 4.40. The lowest BCUT2D eigenvalue weighted by atomic mass is 10.2. The summed E-state index contributed by atoms with van der Waals surface area (Å²) in [6.45, 7) is 2.74. The number of rotatable bonds is 4. The molecule has 2 heteroatoms. The largest absolute Gasteiger partial charge is 0.460 e. The molecule has 0 amide bonds. The van der Waals surface area contributed by atoms with Crippen LogP contribution in [0.4, 0.5) is 0 Å². The Balaban J connectivity index is 2.08. The molecule has 1 N–H and O–H groups in total. The molecule has 2 aromatic rings.